The first-order valence-corrected chi connectivity index (χ1v) is 9.16. The molecule has 1 amide bonds. The lowest BCUT2D eigenvalue weighted by molar-refractivity contribution is -0.157. The van der Waals surface area contributed by atoms with Gasteiger partial charge < -0.3 is 36.5 Å². The van der Waals surface area contributed by atoms with Crippen molar-refractivity contribution in [2.24, 2.45) is 22.7 Å². The van der Waals surface area contributed by atoms with Gasteiger partial charge in [-0.2, -0.15) is 0 Å². The number of phenols is 1. The van der Waals surface area contributed by atoms with Crippen molar-refractivity contribution in [3.63, 3.8) is 0 Å². The van der Waals surface area contributed by atoms with Crippen molar-refractivity contribution < 1.29 is 45.1 Å². The standard InChI is InChI=1S/C20H18N2O9/c1-19(29)6-3-2-4-9(23)10(6)14(24)11-7(19)5-8-13(22-31)15(25)12(18(21)28)17(27)20(8,30)16(11)26/h2-4,7-8,23-25,29-31H,5H2,1H3,(H2,21,28)/b22-13-/t7-,8-,19+,20-/m0/s1. The molecule has 0 radical (unpaired) electrons. The summed E-state index contributed by atoms with van der Waals surface area (Å²) in [5.41, 5.74) is -2.40. The van der Waals surface area contributed by atoms with E-state index in [-0.39, 0.29) is 11.1 Å². The van der Waals surface area contributed by atoms with Gasteiger partial charge in [-0.05, 0) is 25.0 Å². The molecular weight excluding hydrogens is 412 g/mol. The van der Waals surface area contributed by atoms with E-state index in [1.165, 1.54) is 25.1 Å². The summed E-state index contributed by atoms with van der Waals surface area (Å²) in [6.07, 6.45) is -0.440. The Bertz CT molecular complexity index is 1180. The van der Waals surface area contributed by atoms with Crippen LogP contribution in [0.3, 0.4) is 0 Å². The Balaban J connectivity index is 2.04. The molecule has 4 atom stereocenters. The van der Waals surface area contributed by atoms with E-state index in [1.807, 2.05) is 0 Å². The second-order valence-electron chi connectivity index (χ2n) is 7.95. The minimum Gasteiger partial charge on any atom is -0.507 e. The summed E-state index contributed by atoms with van der Waals surface area (Å²) in [5, 5.41) is 66.0. The third-order valence-electron chi connectivity index (χ3n) is 6.41. The molecule has 0 saturated heterocycles. The molecule has 0 aromatic heterocycles. The number of Topliss-reactive ketones (excluding diaryl/α,β-unsaturated/α-hetero) is 2. The lowest BCUT2D eigenvalue weighted by Crippen LogP contribution is -2.65. The molecule has 1 aromatic rings. The number of allylic oxidation sites excluding steroid dienone is 1. The number of phenolic OH excluding ortho intramolecular Hbond substituents is 1. The van der Waals surface area contributed by atoms with Crippen molar-refractivity contribution in [2.75, 3.05) is 0 Å². The highest BCUT2D eigenvalue weighted by atomic mass is 16.4. The van der Waals surface area contributed by atoms with E-state index in [1.54, 1.807) is 0 Å². The summed E-state index contributed by atoms with van der Waals surface area (Å²) in [4.78, 5) is 38.0. The van der Waals surface area contributed by atoms with Crippen molar-refractivity contribution in [2.45, 2.75) is 24.5 Å². The second-order valence-corrected chi connectivity index (χ2v) is 7.95. The fourth-order valence-corrected chi connectivity index (χ4v) is 4.87. The number of ketones is 2. The van der Waals surface area contributed by atoms with E-state index in [0.717, 1.165) is 0 Å². The van der Waals surface area contributed by atoms with Crippen LogP contribution in [0.4, 0.5) is 0 Å². The summed E-state index contributed by atoms with van der Waals surface area (Å²) >= 11 is 0. The molecule has 0 heterocycles. The summed E-state index contributed by atoms with van der Waals surface area (Å²) in [5.74, 6) is -9.56. The van der Waals surface area contributed by atoms with E-state index in [9.17, 15) is 45.1 Å². The summed E-state index contributed by atoms with van der Waals surface area (Å²) < 4.78 is 0. The Morgan fingerprint density at radius 3 is 2.32 bits per heavy atom. The first kappa shape index (κ1) is 20.6. The second kappa shape index (κ2) is 6.15. The van der Waals surface area contributed by atoms with Gasteiger partial charge in [0.1, 0.15) is 22.8 Å². The number of rotatable bonds is 1. The quantitative estimate of drug-likeness (QED) is 0.133. The molecule has 11 heteroatoms. The number of hydrogen-bond donors (Lipinski definition) is 7. The average molecular weight is 430 g/mol. The maximum Gasteiger partial charge on any atom is 0.256 e. The van der Waals surface area contributed by atoms with Gasteiger partial charge in [0.25, 0.3) is 5.91 Å². The van der Waals surface area contributed by atoms with Gasteiger partial charge in [0, 0.05) is 11.5 Å². The Morgan fingerprint density at radius 1 is 1.10 bits per heavy atom. The van der Waals surface area contributed by atoms with Crippen molar-refractivity contribution in [1.29, 1.82) is 0 Å². The Labute approximate surface area is 174 Å². The van der Waals surface area contributed by atoms with E-state index in [0.29, 0.717) is 0 Å². The van der Waals surface area contributed by atoms with E-state index in [2.05, 4.69) is 5.16 Å². The van der Waals surface area contributed by atoms with Crippen LogP contribution in [-0.4, -0.2) is 59.5 Å². The maximum atomic E-state index is 13.4. The third kappa shape index (κ3) is 2.29. The summed E-state index contributed by atoms with van der Waals surface area (Å²) in [7, 11) is 0. The van der Waals surface area contributed by atoms with Crippen LogP contribution < -0.4 is 5.73 Å². The number of primary amides is 1. The number of fused-ring (bicyclic) bond motifs is 3. The molecule has 0 bridgehead atoms. The first-order chi connectivity index (χ1) is 14.4. The number of hydrogen-bond acceptors (Lipinski definition) is 10. The molecule has 0 spiro atoms. The van der Waals surface area contributed by atoms with Gasteiger partial charge in [0.15, 0.2) is 11.4 Å². The highest BCUT2D eigenvalue weighted by molar-refractivity contribution is 6.38. The summed E-state index contributed by atoms with van der Waals surface area (Å²) in [6.45, 7) is 1.31. The van der Waals surface area contributed by atoms with Crippen LogP contribution >= 0.6 is 0 Å². The minimum absolute atomic E-state index is 0.0826. The maximum absolute atomic E-state index is 13.4. The zero-order chi connectivity index (χ0) is 23.0. The van der Waals surface area contributed by atoms with E-state index in [4.69, 9.17) is 5.73 Å². The zero-order valence-corrected chi connectivity index (χ0v) is 16.0. The van der Waals surface area contributed by atoms with Gasteiger partial charge in [-0.25, -0.2) is 0 Å². The molecule has 1 fully saturated rings. The van der Waals surface area contributed by atoms with Crippen molar-refractivity contribution in [3.8, 4) is 5.75 Å². The smallest absolute Gasteiger partial charge is 0.256 e. The topological polar surface area (TPSA) is 211 Å². The van der Waals surface area contributed by atoms with Crippen LogP contribution in [0.5, 0.6) is 5.75 Å². The third-order valence-corrected chi connectivity index (χ3v) is 6.41. The SMILES string of the molecule is C[C@@]1(O)c2cccc(O)c2C(O)=C2C(=O)[C@]3(O)C(=O)C(C(N)=O)=C(O)/C(=N\O)[C@@H]3C[C@@H]21. The first-order valence-electron chi connectivity index (χ1n) is 9.16. The van der Waals surface area contributed by atoms with Crippen molar-refractivity contribution >= 4 is 28.9 Å². The van der Waals surface area contributed by atoms with Crippen LogP contribution in [0.1, 0.15) is 24.5 Å². The largest absolute Gasteiger partial charge is 0.507 e. The number of aromatic hydroxyl groups is 1. The zero-order valence-electron chi connectivity index (χ0n) is 16.0. The minimum atomic E-state index is -3.05. The fourth-order valence-electron chi connectivity index (χ4n) is 4.87. The van der Waals surface area contributed by atoms with Crippen LogP contribution in [0.15, 0.2) is 40.3 Å². The van der Waals surface area contributed by atoms with Gasteiger partial charge >= 0.3 is 0 Å². The number of nitrogens with zero attached hydrogens (tertiary/aromatic N) is 1. The van der Waals surface area contributed by atoms with Gasteiger partial charge in [-0.3, -0.25) is 14.4 Å². The highest BCUT2D eigenvalue weighted by Gasteiger charge is 2.66. The molecule has 1 saturated carbocycles. The predicted molar refractivity (Wildman–Crippen MR) is 102 cm³/mol. The highest BCUT2D eigenvalue weighted by Crippen LogP contribution is 2.55. The Morgan fingerprint density at radius 2 is 1.74 bits per heavy atom. The predicted octanol–water partition coefficient (Wildman–Crippen LogP) is -0.471. The van der Waals surface area contributed by atoms with Crippen LogP contribution in [0.25, 0.3) is 5.76 Å². The van der Waals surface area contributed by atoms with Crippen molar-refractivity contribution in [1.82, 2.24) is 0 Å². The molecule has 4 rings (SSSR count). The molecular formula is C20H18N2O9. The number of aliphatic hydroxyl groups is 4. The Kier molecular flexibility index (Phi) is 4.08. The monoisotopic (exact) mass is 430 g/mol. The molecule has 0 unspecified atom stereocenters. The number of aliphatic hydroxyl groups excluding tert-OH is 2. The number of benzene rings is 1. The van der Waals surface area contributed by atoms with Gasteiger partial charge in [-0.15, -0.1) is 0 Å². The number of nitrogens with two attached hydrogens (primary N) is 1. The molecule has 1 aromatic carbocycles. The molecule has 162 valence electrons. The number of oxime groups is 1. The van der Waals surface area contributed by atoms with Crippen LogP contribution in [-0.2, 0) is 20.0 Å². The molecule has 8 N–H and O–H groups in total. The average Bonchev–Trinajstić information content (AvgIpc) is 2.68. The van der Waals surface area contributed by atoms with Crippen molar-refractivity contribution in [3.05, 3.63) is 46.2 Å². The number of carbonyl (C=O) groups is 3. The molecule has 3 aliphatic rings. The summed E-state index contributed by atoms with van der Waals surface area (Å²) in [6, 6.07) is 4.05. The van der Waals surface area contributed by atoms with Gasteiger partial charge in [-0.1, -0.05) is 17.3 Å². The molecule has 3 aliphatic carbocycles. The van der Waals surface area contributed by atoms with Crippen LogP contribution in [0.2, 0.25) is 0 Å². The van der Waals surface area contributed by atoms with Crippen LogP contribution in [0, 0.1) is 11.8 Å². The van der Waals surface area contributed by atoms with Gasteiger partial charge in [0.05, 0.1) is 17.1 Å². The molecule has 11 nitrogen and oxygen atoms in total. The van der Waals surface area contributed by atoms with E-state index >= 15 is 0 Å². The lowest BCUT2D eigenvalue weighted by atomic mass is 9.55. The normalized spacial score (nSPS) is 33.8. The lowest BCUT2D eigenvalue weighted by Gasteiger charge is -2.49. The van der Waals surface area contributed by atoms with E-state index < -0.39 is 81.1 Å². The Hall–Kier alpha value is -3.70. The number of carbonyl (C=O) groups excluding carboxylic acids is 3. The van der Waals surface area contributed by atoms with Gasteiger partial charge in [0.2, 0.25) is 11.6 Å². The number of amides is 1. The molecule has 0 aliphatic heterocycles. The molecule has 31 heavy (non-hydrogen) atoms. The fraction of sp³-hybridized carbons (Fsp3) is 0.300.